The van der Waals surface area contributed by atoms with Crippen LogP contribution in [-0.4, -0.2) is 11.1 Å². The van der Waals surface area contributed by atoms with Gasteiger partial charge in [0.15, 0.2) is 0 Å². The molecule has 1 atom stereocenters. The number of benzene rings is 1. The molecule has 0 amide bonds. The second kappa shape index (κ2) is 5.66. The number of rotatable bonds is 4. The molecule has 0 saturated carbocycles. The van der Waals surface area contributed by atoms with Crippen molar-refractivity contribution in [1.82, 2.24) is 0 Å². The molecule has 0 aliphatic carbocycles. The van der Waals surface area contributed by atoms with Crippen molar-refractivity contribution in [2.24, 2.45) is 5.92 Å². The predicted molar refractivity (Wildman–Crippen MR) is 65.8 cm³/mol. The number of carbonyl (C=O) groups is 1. The second-order valence-electron chi connectivity index (χ2n) is 3.33. The predicted octanol–water partition coefficient (Wildman–Crippen LogP) is 3.59. The SMILES string of the molecule is C[C@H](Cc1ccc(Br)cc1)C(=O)CBr. The fraction of sp³-hybridized carbons (Fsp3) is 0.364. The number of hydrogen-bond donors (Lipinski definition) is 0. The summed E-state index contributed by atoms with van der Waals surface area (Å²) in [7, 11) is 0. The van der Waals surface area contributed by atoms with E-state index in [1.54, 1.807) is 0 Å². The Balaban J connectivity index is 2.60. The van der Waals surface area contributed by atoms with Crippen LogP contribution in [0.4, 0.5) is 0 Å². The van der Waals surface area contributed by atoms with Gasteiger partial charge in [-0.1, -0.05) is 50.9 Å². The third-order valence-corrected chi connectivity index (χ3v) is 3.22. The van der Waals surface area contributed by atoms with Crippen LogP contribution in [0.1, 0.15) is 12.5 Å². The summed E-state index contributed by atoms with van der Waals surface area (Å²) >= 11 is 6.56. The van der Waals surface area contributed by atoms with E-state index in [-0.39, 0.29) is 11.7 Å². The van der Waals surface area contributed by atoms with Crippen molar-refractivity contribution in [3.63, 3.8) is 0 Å². The van der Waals surface area contributed by atoms with E-state index in [2.05, 4.69) is 31.9 Å². The van der Waals surface area contributed by atoms with Gasteiger partial charge in [-0.25, -0.2) is 0 Å². The average molecular weight is 320 g/mol. The van der Waals surface area contributed by atoms with Gasteiger partial charge in [0.25, 0.3) is 0 Å². The van der Waals surface area contributed by atoms with Crippen molar-refractivity contribution in [2.75, 3.05) is 5.33 Å². The highest BCUT2D eigenvalue weighted by Gasteiger charge is 2.11. The summed E-state index contributed by atoms with van der Waals surface area (Å²) in [5.41, 5.74) is 1.20. The number of carbonyl (C=O) groups excluding carboxylic acids is 1. The number of ketones is 1. The Bertz CT molecular complexity index is 306. The Labute approximate surface area is 101 Å². The summed E-state index contributed by atoms with van der Waals surface area (Å²) in [6.45, 7) is 1.96. The minimum absolute atomic E-state index is 0.0931. The molecule has 76 valence electrons. The normalized spacial score (nSPS) is 12.5. The molecule has 0 aliphatic heterocycles. The standard InChI is InChI=1S/C11H12Br2O/c1-8(11(14)7-12)6-9-2-4-10(13)5-3-9/h2-5,8H,6-7H2,1H3/t8-/m1/s1. The third kappa shape index (κ3) is 3.54. The van der Waals surface area contributed by atoms with E-state index in [0.29, 0.717) is 5.33 Å². The molecule has 1 aromatic rings. The Morgan fingerprint density at radius 1 is 1.36 bits per heavy atom. The highest BCUT2D eigenvalue weighted by molar-refractivity contribution is 9.10. The lowest BCUT2D eigenvalue weighted by Crippen LogP contribution is -2.14. The second-order valence-corrected chi connectivity index (χ2v) is 4.81. The van der Waals surface area contributed by atoms with Crippen molar-refractivity contribution in [2.45, 2.75) is 13.3 Å². The first-order valence-corrected chi connectivity index (χ1v) is 6.38. The van der Waals surface area contributed by atoms with Crippen LogP contribution in [0.5, 0.6) is 0 Å². The molecule has 1 nitrogen and oxygen atoms in total. The van der Waals surface area contributed by atoms with Gasteiger partial charge < -0.3 is 0 Å². The lowest BCUT2D eigenvalue weighted by molar-refractivity contribution is -0.119. The molecule has 0 radical (unpaired) electrons. The van der Waals surface area contributed by atoms with E-state index in [0.717, 1.165) is 10.9 Å². The highest BCUT2D eigenvalue weighted by Crippen LogP contribution is 2.14. The molecule has 1 rings (SSSR count). The summed E-state index contributed by atoms with van der Waals surface area (Å²) in [5, 5.41) is 0.449. The summed E-state index contributed by atoms with van der Waals surface area (Å²) in [4.78, 5) is 11.3. The maximum absolute atomic E-state index is 11.3. The van der Waals surface area contributed by atoms with Crippen LogP contribution < -0.4 is 0 Å². The maximum atomic E-state index is 11.3. The van der Waals surface area contributed by atoms with Crippen LogP contribution in [0.2, 0.25) is 0 Å². The lowest BCUT2D eigenvalue weighted by atomic mass is 9.98. The molecule has 0 fully saturated rings. The molecule has 14 heavy (non-hydrogen) atoms. The molecular weight excluding hydrogens is 308 g/mol. The van der Waals surface area contributed by atoms with Gasteiger partial charge in [0.1, 0.15) is 5.78 Å². The number of Topliss-reactive ketones (excluding diaryl/α,β-unsaturated/α-hetero) is 1. The van der Waals surface area contributed by atoms with Gasteiger partial charge >= 0.3 is 0 Å². The topological polar surface area (TPSA) is 17.1 Å². The minimum Gasteiger partial charge on any atom is -0.298 e. The van der Waals surface area contributed by atoms with E-state index in [9.17, 15) is 4.79 Å². The zero-order valence-electron chi connectivity index (χ0n) is 7.97. The Morgan fingerprint density at radius 2 is 1.93 bits per heavy atom. The van der Waals surface area contributed by atoms with Crippen molar-refractivity contribution in [1.29, 1.82) is 0 Å². The van der Waals surface area contributed by atoms with Crippen LogP contribution in [0.15, 0.2) is 28.7 Å². The lowest BCUT2D eigenvalue weighted by Gasteiger charge is -2.08. The number of halogens is 2. The fourth-order valence-electron chi connectivity index (χ4n) is 1.22. The zero-order valence-corrected chi connectivity index (χ0v) is 11.1. The molecule has 0 aromatic heterocycles. The Kier molecular flexibility index (Phi) is 4.82. The first-order chi connectivity index (χ1) is 6.63. The summed E-state index contributed by atoms with van der Waals surface area (Å²) < 4.78 is 1.07. The van der Waals surface area contributed by atoms with Crippen molar-refractivity contribution < 1.29 is 4.79 Å². The van der Waals surface area contributed by atoms with Crippen LogP contribution >= 0.6 is 31.9 Å². The quantitative estimate of drug-likeness (QED) is 0.775. The molecule has 1 aromatic carbocycles. The van der Waals surface area contributed by atoms with Crippen LogP contribution in [0.3, 0.4) is 0 Å². The number of alkyl halides is 1. The molecule has 3 heteroatoms. The summed E-state index contributed by atoms with van der Waals surface area (Å²) in [5.74, 6) is 0.350. The molecule has 0 heterocycles. The summed E-state index contributed by atoms with van der Waals surface area (Å²) in [6.07, 6.45) is 0.817. The first kappa shape index (κ1) is 11.9. The molecular formula is C11H12Br2O. The van der Waals surface area contributed by atoms with Gasteiger partial charge in [0.05, 0.1) is 5.33 Å². The zero-order chi connectivity index (χ0) is 10.6. The van der Waals surface area contributed by atoms with Gasteiger partial charge in [-0.2, -0.15) is 0 Å². The molecule has 0 bridgehead atoms. The average Bonchev–Trinajstić information content (AvgIpc) is 2.20. The first-order valence-electron chi connectivity index (χ1n) is 4.46. The highest BCUT2D eigenvalue weighted by atomic mass is 79.9. The Hall–Kier alpha value is -0.150. The van der Waals surface area contributed by atoms with Crippen LogP contribution in [0, 0.1) is 5.92 Å². The van der Waals surface area contributed by atoms with E-state index < -0.39 is 0 Å². The van der Waals surface area contributed by atoms with Crippen LogP contribution in [0.25, 0.3) is 0 Å². The maximum Gasteiger partial charge on any atom is 0.146 e. The van der Waals surface area contributed by atoms with Crippen molar-refractivity contribution >= 4 is 37.6 Å². The van der Waals surface area contributed by atoms with Crippen molar-refractivity contribution in [3.8, 4) is 0 Å². The largest absolute Gasteiger partial charge is 0.298 e. The van der Waals surface area contributed by atoms with Crippen molar-refractivity contribution in [3.05, 3.63) is 34.3 Å². The van der Waals surface area contributed by atoms with Gasteiger partial charge in [-0.05, 0) is 24.1 Å². The van der Waals surface area contributed by atoms with Gasteiger partial charge in [-0.15, -0.1) is 0 Å². The molecule has 0 unspecified atom stereocenters. The summed E-state index contributed by atoms with van der Waals surface area (Å²) in [6, 6.07) is 8.09. The smallest absolute Gasteiger partial charge is 0.146 e. The third-order valence-electron chi connectivity index (χ3n) is 2.14. The van der Waals surface area contributed by atoms with Gasteiger partial charge in [-0.3, -0.25) is 4.79 Å². The van der Waals surface area contributed by atoms with Gasteiger partial charge in [0, 0.05) is 10.4 Å². The Morgan fingerprint density at radius 3 is 2.43 bits per heavy atom. The fourth-order valence-corrected chi connectivity index (χ4v) is 2.04. The number of hydrogen-bond acceptors (Lipinski definition) is 1. The molecule has 0 saturated heterocycles. The molecule has 0 spiro atoms. The van der Waals surface area contributed by atoms with E-state index in [1.165, 1.54) is 5.56 Å². The molecule has 0 aliphatic rings. The van der Waals surface area contributed by atoms with Gasteiger partial charge in [0.2, 0.25) is 0 Å². The monoisotopic (exact) mass is 318 g/mol. The van der Waals surface area contributed by atoms with Crippen LogP contribution in [-0.2, 0) is 11.2 Å². The van der Waals surface area contributed by atoms with E-state index >= 15 is 0 Å². The van der Waals surface area contributed by atoms with E-state index in [1.807, 2.05) is 31.2 Å². The molecule has 0 N–H and O–H groups in total. The minimum atomic E-state index is 0.0931. The van der Waals surface area contributed by atoms with E-state index in [4.69, 9.17) is 0 Å².